The maximum atomic E-state index is 12.4. The zero-order chi connectivity index (χ0) is 19.9. The highest BCUT2D eigenvalue weighted by Crippen LogP contribution is 2.32. The van der Waals surface area contributed by atoms with Crippen molar-refractivity contribution >= 4 is 33.2 Å². The van der Waals surface area contributed by atoms with E-state index >= 15 is 0 Å². The van der Waals surface area contributed by atoms with E-state index in [1.54, 1.807) is 47.7 Å². The number of hydrogen-bond acceptors (Lipinski definition) is 6. The van der Waals surface area contributed by atoms with Crippen molar-refractivity contribution < 1.29 is 19.0 Å². The summed E-state index contributed by atoms with van der Waals surface area (Å²) >= 11 is 5.02. The fourth-order valence-corrected chi connectivity index (χ4v) is 3.63. The normalized spacial score (nSPS) is 11.3. The van der Waals surface area contributed by atoms with E-state index in [1.807, 2.05) is 22.9 Å². The number of nitrogens with zero attached hydrogens (tertiary/aromatic N) is 1. The first-order valence-corrected chi connectivity index (χ1v) is 10.0. The average Bonchev–Trinajstić information content (AvgIpc) is 3.24. The SMILES string of the molecule is COC(=O)C(Oc1cc(OCc2ccsc2)ccc1C#N)c1ccccc1Br. The first-order chi connectivity index (χ1) is 13.6. The largest absolute Gasteiger partial charge is 0.489 e. The second-order valence-electron chi connectivity index (χ2n) is 5.73. The van der Waals surface area contributed by atoms with E-state index in [2.05, 4.69) is 22.0 Å². The van der Waals surface area contributed by atoms with E-state index in [4.69, 9.17) is 14.2 Å². The lowest BCUT2D eigenvalue weighted by Crippen LogP contribution is -2.21. The molecule has 3 aromatic rings. The monoisotopic (exact) mass is 457 g/mol. The van der Waals surface area contributed by atoms with Crippen LogP contribution >= 0.6 is 27.3 Å². The molecule has 2 aromatic carbocycles. The van der Waals surface area contributed by atoms with E-state index < -0.39 is 12.1 Å². The van der Waals surface area contributed by atoms with E-state index in [1.165, 1.54) is 7.11 Å². The van der Waals surface area contributed by atoms with Crippen molar-refractivity contribution in [1.29, 1.82) is 5.26 Å². The molecule has 1 aromatic heterocycles. The Kier molecular flexibility index (Phi) is 6.69. The molecule has 0 aliphatic rings. The van der Waals surface area contributed by atoms with Crippen molar-refractivity contribution in [2.24, 2.45) is 0 Å². The van der Waals surface area contributed by atoms with Crippen LogP contribution in [0.1, 0.15) is 22.8 Å². The molecule has 1 heterocycles. The van der Waals surface area contributed by atoms with Crippen molar-refractivity contribution in [1.82, 2.24) is 0 Å². The molecule has 0 amide bonds. The van der Waals surface area contributed by atoms with E-state index in [9.17, 15) is 10.1 Å². The maximum Gasteiger partial charge on any atom is 0.351 e. The van der Waals surface area contributed by atoms with Crippen LogP contribution in [0.2, 0.25) is 0 Å². The van der Waals surface area contributed by atoms with Gasteiger partial charge >= 0.3 is 5.97 Å². The number of rotatable bonds is 7. The predicted molar refractivity (Wildman–Crippen MR) is 109 cm³/mol. The number of carbonyl (C=O) groups excluding carboxylic acids is 1. The summed E-state index contributed by atoms with van der Waals surface area (Å²) in [6, 6.07) is 16.2. The molecular weight excluding hydrogens is 442 g/mol. The van der Waals surface area contributed by atoms with Crippen LogP contribution in [0, 0.1) is 11.3 Å². The molecule has 0 bridgehead atoms. The molecule has 3 rings (SSSR count). The molecule has 0 fully saturated rings. The Balaban J connectivity index is 1.89. The summed E-state index contributed by atoms with van der Waals surface area (Å²) in [7, 11) is 1.29. The average molecular weight is 458 g/mol. The molecular formula is C21H16BrNO4S. The Labute approximate surface area is 175 Å². The van der Waals surface area contributed by atoms with Crippen LogP contribution < -0.4 is 9.47 Å². The molecule has 1 unspecified atom stereocenters. The third-order valence-electron chi connectivity index (χ3n) is 3.91. The van der Waals surface area contributed by atoms with Crippen LogP contribution in [0.4, 0.5) is 0 Å². The number of halogens is 1. The van der Waals surface area contributed by atoms with Gasteiger partial charge in [0.25, 0.3) is 0 Å². The molecule has 28 heavy (non-hydrogen) atoms. The van der Waals surface area contributed by atoms with Crippen LogP contribution in [0.5, 0.6) is 11.5 Å². The summed E-state index contributed by atoms with van der Waals surface area (Å²) in [6.45, 7) is 0.402. The van der Waals surface area contributed by atoms with Gasteiger partial charge in [0.05, 0.1) is 12.7 Å². The zero-order valence-electron chi connectivity index (χ0n) is 14.9. The Morgan fingerprint density at radius 2 is 2.07 bits per heavy atom. The molecule has 0 saturated carbocycles. The van der Waals surface area contributed by atoms with Crippen LogP contribution in [-0.2, 0) is 16.1 Å². The molecule has 0 aliphatic heterocycles. The van der Waals surface area contributed by atoms with E-state index in [0.717, 1.165) is 5.56 Å². The Hall–Kier alpha value is -2.82. The number of esters is 1. The van der Waals surface area contributed by atoms with Crippen molar-refractivity contribution in [3.63, 3.8) is 0 Å². The molecule has 0 aliphatic carbocycles. The standard InChI is InChI=1S/C21H16BrNO4S/c1-25-21(24)20(17-4-2-3-5-18(17)22)27-19-10-16(7-6-15(19)11-23)26-12-14-8-9-28-13-14/h2-10,13,20H,12H2,1H3. The van der Waals surface area contributed by atoms with Gasteiger partial charge in [-0.3, -0.25) is 0 Å². The summed E-state index contributed by atoms with van der Waals surface area (Å²) in [5.74, 6) is 0.216. The number of methoxy groups -OCH3 is 1. The van der Waals surface area contributed by atoms with Gasteiger partial charge in [0, 0.05) is 16.1 Å². The number of ether oxygens (including phenoxy) is 3. The van der Waals surface area contributed by atoms with Gasteiger partial charge in [-0.1, -0.05) is 34.1 Å². The van der Waals surface area contributed by atoms with Crippen LogP contribution in [0.3, 0.4) is 0 Å². The quantitative estimate of drug-likeness (QED) is 0.452. The van der Waals surface area contributed by atoms with Crippen molar-refractivity contribution in [2.75, 3.05) is 7.11 Å². The summed E-state index contributed by atoms with van der Waals surface area (Å²) in [6.07, 6.45) is -1.03. The van der Waals surface area contributed by atoms with Crippen molar-refractivity contribution in [2.45, 2.75) is 12.7 Å². The van der Waals surface area contributed by atoms with Gasteiger partial charge in [-0.15, -0.1) is 0 Å². The number of hydrogen-bond donors (Lipinski definition) is 0. The minimum absolute atomic E-state index is 0.247. The molecule has 5 nitrogen and oxygen atoms in total. The summed E-state index contributed by atoms with van der Waals surface area (Å²) in [5, 5.41) is 13.4. The van der Waals surface area contributed by atoms with Gasteiger partial charge in [0.1, 0.15) is 24.2 Å². The maximum absolute atomic E-state index is 12.4. The third kappa shape index (κ3) is 4.71. The van der Waals surface area contributed by atoms with Gasteiger partial charge in [0.15, 0.2) is 0 Å². The molecule has 7 heteroatoms. The smallest absolute Gasteiger partial charge is 0.351 e. The number of thiophene rings is 1. The van der Waals surface area contributed by atoms with Crippen LogP contribution in [0.25, 0.3) is 0 Å². The minimum Gasteiger partial charge on any atom is -0.489 e. The Morgan fingerprint density at radius 3 is 2.75 bits per heavy atom. The first-order valence-electron chi connectivity index (χ1n) is 8.29. The van der Waals surface area contributed by atoms with Gasteiger partial charge in [-0.05, 0) is 40.6 Å². The lowest BCUT2D eigenvalue weighted by Gasteiger charge is -2.19. The Bertz CT molecular complexity index is 998. The lowest BCUT2D eigenvalue weighted by atomic mass is 10.1. The molecule has 0 radical (unpaired) electrons. The summed E-state index contributed by atoms with van der Waals surface area (Å²) in [4.78, 5) is 12.4. The minimum atomic E-state index is -1.03. The van der Waals surface area contributed by atoms with Crippen molar-refractivity contribution in [3.05, 3.63) is 80.5 Å². The van der Waals surface area contributed by atoms with Crippen LogP contribution in [-0.4, -0.2) is 13.1 Å². The van der Waals surface area contributed by atoms with E-state index in [0.29, 0.717) is 28.0 Å². The van der Waals surface area contributed by atoms with Crippen LogP contribution in [0.15, 0.2) is 63.8 Å². The molecule has 0 saturated heterocycles. The second kappa shape index (κ2) is 9.40. The molecule has 0 N–H and O–H groups in total. The molecule has 1 atom stereocenters. The lowest BCUT2D eigenvalue weighted by molar-refractivity contribution is -0.149. The van der Waals surface area contributed by atoms with E-state index in [-0.39, 0.29) is 5.75 Å². The molecule has 0 spiro atoms. The van der Waals surface area contributed by atoms with Gasteiger partial charge < -0.3 is 14.2 Å². The number of benzene rings is 2. The summed E-state index contributed by atoms with van der Waals surface area (Å²) < 4.78 is 17.3. The fraction of sp³-hybridized carbons (Fsp3) is 0.143. The van der Waals surface area contributed by atoms with Crippen molar-refractivity contribution in [3.8, 4) is 17.6 Å². The van der Waals surface area contributed by atoms with Gasteiger partial charge in [-0.2, -0.15) is 16.6 Å². The highest BCUT2D eigenvalue weighted by molar-refractivity contribution is 9.10. The second-order valence-corrected chi connectivity index (χ2v) is 7.37. The predicted octanol–water partition coefficient (Wildman–Crippen LogP) is 5.25. The number of carbonyl (C=O) groups is 1. The first kappa shape index (κ1) is 19.9. The van der Waals surface area contributed by atoms with Gasteiger partial charge in [0.2, 0.25) is 6.10 Å². The van der Waals surface area contributed by atoms with Gasteiger partial charge in [-0.25, -0.2) is 4.79 Å². The highest BCUT2D eigenvalue weighted by atomic mass is 79.9. The fourth-order valence-electron chi connectivity index (χ4n) is 2.48. The number of nitriles is 1. The Morgan fingerprint density at radius 1 is 1.25 bits per heavy atom. The topological polar surface area (TPSA) is 68.6 Å². The molecule has 142 valence electrons. The third-order valence-corrected chi connectivity index (χ3v) is 5.36. The highest BCUT2D eigenvalue weighted by Gasteiger charge is 2.27. The zero-order valence-corrected chi connectivity index (χ0v) is 17.3. The summed E-state index contributed by atoms with van der Waals surface area (Å²) in [5.41, 5.74) is 1.95.